The second-order valence-corrected chi connectivity index (χ2v) is 9.07. The van der Waals surface area contributed by atoms with Crippen molar-refractivity contribution >= 4 is 17.7 Å². The van der Waals surface area contributed by atoms with Crippen LogP contribution >= 0.6 is 0 Å². The van der Waals surface area contributed by atoms with Crippen LogP contribution in [0.15, 0.2) is 60.8 Å². The molecule has 3 amide bonds. The lowest BCUT2D eigenvalue weighted by Gasteiger charge is -2.33. The molecular weight excluding hydrogens is 480 g/mol. The number of aryl methyl sites for hydroxylation is 1. The van der Waals surface area contributed by atoms with E-state index in [1.54, 1.807) is 36.4 Å². The Morgan fingerprint density at radius 2 is 1.61 bits per heavy atom. The van der Waals surface area contributed by atoms with Crippen LogP contribution in [0.1, 0.15) is 66.4 Å². The Bertz CT molecular complexity index is 1380. The lowest BCUT2D eigenvalue weighted by molar-refractivity contribution is 0.0846. The summed E-state index contributed by atoms with van der Waals surface area (Å²) in [6.45, 7) is 7.98. The number of carbonyl (C=O) groups is 3. The van der Waals surface area contributed by atoms with Crippen LogP contribution in [-0.4, -0.2) is 53.8 Å². The van der Waals surface area contributed by atoms with Gasteiger partial charge in [0.15, 0.2) is 0 Å². The van der Waals surface area contributed by atoms with Crippen molar-refractivity contribution in [2.75, 3.05) is 26.2 Å². The lowest BCUT2D eigenvalue weighted by atomic mass is 10.0. The van der Waals surface area contributed by atoms with E-state index in [0.717, 1.165) is 37.3 Å². The van der Waals surface area contributed by atoms with Crippen LogP contribution < -0.4 is 21.9 Å². The van der Waals surface area contributed by atoms with Gasteiger partial charge in [-0.15, -0.1) is 0 Å². The molecular formula is C29H30N6O3. The van der Waals surface area contributed by atoms with Gasteiger partial charge < -0.3 is 11.1 Å². The number of nitrogens with zero attached hydrogens (tertiary/aromatic N) is 2. The summed E-state index contributed by atoms with van der Waals surface area (Å²) >= 11 is 0. The van der Waals surface area contributed by atoms with Gasteiger partial charge >= 0.3 is 0 Å². The van der Waals surface area contributed by atoms with E-state index in [4.69, 9.17) is 5.73 Å². The van der Waals surface area contributed by atoms with Gasteiger partial charge in [0.1, 0.15) is 5.69 Å². The minimum Gasteiger partial charge on any atom is -0.364 e. The second-order valence-electron chi connectivity index (χ2n) is 9.07. The molecule has 0 saturated carbocycles. The number of hydrogen-bond donors (Lipinski definition) is 4. The number of amides is 3. The summed E-state index contributed by atoms with van der Waals surface area (Å²) in [6.07, 6.45) is 1.47. The van der Waals surface area contributed by atoms with Gasteiger partial charge in [-0.3, -0.25) is 30.1 Å². The summed E-state index contributed by atoms with van der Waals surface area (Å²) in [6, 6.07) is 16.0. The van der Waals surface area contributed by atoms with Crippen LogP contribution in [0.25, 0.3) is 0 Å². The molecule has 1 unspecified atom stereocenters. The molecule has 9 heteroatoms. The summed E-state index contributed by atoms with van der Waals surface area (Å²) in [5.74, 6) is 4.52. The molecule has 2 aromatic carbocycles. The topological polar surface area (TPSA) is 129 Å². The smallest absolute Gasteiger partial charge is 0.269 e. The first-order valence-electron chi connectivity index (χ1n) is 12.4. The maximum Gasteiger partial charge on any atom is 0.269 e. The zero-order chi connectivity index (χ0) is 27.1. The third kappa shape index (κ3) is 6.62. The Labute approximate surface area is 221 Å². The Morgan fingerprint density at radius 1 is 0.947 bits per heavy atom. The molecule has 5 N–H and O–H groups in total. The number of pyridine rings is 1. The van der Waals surface area contributed by atoms with E-state index in [-0.39, 0.29) is 11.7 Å². The molecule has 1 aliphatic rings. The summed E-state index contributed by atoms with van der Waals surface area (Å²) in [5.41, 5.74) is 14.4. The van der Waals surface area contributed by atoms with Gasteiger partial charge in [0.2, 0.25) is 0 Å². The Kier molecular flexibility index (Phi) is 8.48. The van der Waals surface area contributed by atoms with Crippen LogP contribution in [0.4, 0.5) is 0 Å². The summed E-state index contributed by atoms with van der Waals surface area (Å²) in [7, 11) is 0. The number of piperazine rings is 1. The third-order valence-corrected chi connectivity index (χ3v) is 6.50. The molecule has 4 rings (SSSR count). The molecule has 38 heavy (non-hydrogen) atoms. The number of rotatable bonds is 5. The van der Waals surface area contributed by atoms with E-state index in [9.17, 15) is 14.4 Å². The molecule has 9 nitrogen and oxygen atoms in total. The molecule has 2 heterocycles. The molecule has 194 valence electrons. The molecule has 1 atom stereocenters. The quantitative estimate of drug-likeness (QED) is 0.307. The first-order chi connectivity index (χ1) is 18.3. The van der Waals surface area contributed by atoms with Crippen molar-refractivity contribution in [1.29, 1.82) is 0 Å². The highest BCUT2D eigenvalue weighted by Gasteiger charge is 2.18. The number of nitrogens with two attached hydrogens (primary N) is 1. The fraction of sp³-hybridized carbons (Fsp3) is 0.241. The van der Waals surface area contributed by atoms with E-state index in [2.05, 4.69) is 44.8 Å². The Morgan fingerprint density at radius 3 is 2.24 bits per heavy atom. The minimum absolute atomic E-state index is 0.160. The Balaban J connectivity index is 1.36. The van der Waals surface area contributed by atoms with Gasteiger partial charge in [-0.1, -0.05) is 30.0 Å². The minimum atomic E-state index is -0.608. The van der Waals surface area contributed by atoms with Crippen molar-refractivity contribution in [1.82, 2.24) is 26.1 Å². The fourth-order valence-electron chi connectivity index (χ4n) is 4.10. The molecule has 1 saturated heterocycles. The van der Waals surface area contributed by atoms with Crippen LogP contribution in [0, 0.1) is 18.8 Å². The van der Waals surface area contributed by atoms with Gasteiger partial charge in [0.05, 0.1) is 0 Å². The molecule has 1 aromatic heterocycles. The number of carbonyl (C=O) groups excluding carboxylic acids is 3. The maximum atomic E-state index is 12.7. The normalized spacial score (nSPS) is 14.1. The third-order valence-electron chi connectivity index (χ3n) is 6.50. The zero-order valence-electron chi connectivity index (χ0n) is 21.4. The summed E-state index contributed by atoms with van der Waals surface area (Å²) < 4.78 is 0. The predicted octanol–water partition coefficient (Wildman–Crippen LogP) is 1.93. The van der Waals surface area contributed by atoms with Crippen LogP contribution in [-0.2, 0) is 0 Å². The highest BCUT2D eigenvalue weighted by molar-refractivity contribution is 5.99. The second kappa shape index (κ2) is 12.1. The average Bonchev–Trinajstić information content (AvgIpc) is 2.95. The first-order valence-corrected chi connectivity index (χ1v) is 12.4. The number of nitrogens with one attached hydrogen (secondary N) is 3. The summed E-state index contributed by atoms with van der Waals surface area (Å²) in [5, 5.41) is 3.35. The van der Waals surface area contributed by atoms with E-state index in [0.29, 0.717) is 22.3 Å². The monoisotopic (exact) mass is 510 g/mol. The van der Waals surface area contributed by atoms with Crippen LogP contribution in [0.5, 0.6) is 0 Å². The van der Waals surface area contributed by atoms with Crippen molar-refractivity contribution in [2.24, 2.45) is 5.73 Å². The molecule has 0 aliphatic carbocycles. The van der Waals surface area contributed by atoms with Gasteiger partial charge in [-0.05, 0) is 61.4 Å². The molecule has 0 bridgehead atoms. The molecule has 0 spiro atoms. The van der Waals surface area contributed by atoms with Crippen LogP contribution in [0.2, 0.25) is 0 Å². The van der Waals surface area contributed by atoms with Crippen molar-refractivity contribution < 1.29 is 14.4 Å². The van der Waals surface area contributed by atoms with Crippen molar-refractivity contribution in [3.05, 3.63) is 99.9 Å². The number of hydrazine groups is 1. The average molecular weight is 511 g/mol. The fourth-order valence-corrected chi connectivity index (χ4v) is 4.10. The largest absolute Gasteiger partial charge is 0.364 e. The van der Waals surface area contributed by atoms with Crippen molar-refractivity contribution in [3.8, 4) is 11.8 Å². The SMILES string of the molecule is Cc1ccc(C(=O)NNC(=O)c2ccc(C(C)N3CCNCC3)cc2)cc1C#Cc1ccc(C(N)=O)nc1. The zero-order valence-corrected chi connectivity index (χ0v) is 21.4. The number of primary amides is 1. The van der Waals surface area contributed by atoms with Gasteiger partial charge in [0.25, 0.3) is 17.7 Å². The van der Waals surface area contributed by atoms with Crippen LogP contribution in [0.3, 0.4) is 0 Å². The Hall–Kier alpha value is -4.52. The van der Waals surface area contributed by atoms with Crippen molar-refractivity contribution in [2.45, 2.75) is 19.9 Å². The van der Waals surface area contributed by atoms with Gasteiger partial charge in [-0.2, -0.15) is 0 Å². The maximum absolute atomic E-state index is 12.7. The predicted molar refractivity (Wildman–Crippen MR) is 144 cm³/mol. The lowest BCUT2D eigenvalue weighted by Crippen LogP contribution is -2.44. The number of aromatic nitrogens is 1. The van der Waals surface area contributed by atoms with E-state index in [1.807, 2.05) is 19.1 Å². The highest BCUT2D eigenvalue weighted by Crippen LogP contribution is 2.21. The highest BCUT2D eigenvalue weighted by atomic mass is 16.2. The van der Waals surface area contributed by atoms with E-state index < -0.39 is 17.7 Å². The van der Waals surface area contributed by atoms with E-state index in [1.165, 1.54) is 12.3 Å². The van der Waals surface area contributed by atoms with Gasteiger partial charge in [0, 0.05) is 60.7 Å². The molecule has 0 radical (unpaired) electrons. The standard InChI is InChI=1S/C29H30N6O3/c1-19-3-6-25(17-24(19)7-4-21-5-12-26(27(30)36)32-18-21)29(38)34-33-28(37)23-10-8-22(9-11-23)20(2)35-15-13-31-14-16-35/h3,5-6,8-12,17-18,20,31H,13-16H2,1-2H3,(H2,30,36)(H,33,37)(H,34,38). The van der Waals surface area contributed by atoms with Crippen molar-refractivity contribution in [3.63, 3.8) is 0 Å². The molecule has 1 aliphatic heterocycles. The number of hydrogen-bond acceptors (Lipinski definition) is 6. The first kappa shape index (κ1) is 26.5. The van der Waals surface area contributed by atoms with E-state index >= 15 is 0 Å². The summed E-state index contributed by atoms with van der Waals surface area (Å²) in [4.78, 5) is 42.8. The number of benzene rings is 2. The van der Waals surface area contributed by atoms with Gasteiger partial charge in [-0.25, -0.2) is 4.98 Å². The molecule has 3 aromatic rings. The molecule has 1 fully saturated rings.